The molecule has 18 heavy (non-hydrogen) atoms. The summed E-state index contributed by atoms with van der Waals surface area (Å²) in [6, 6.07) is 0. The number of aromatic nitrogens is 1. The highest BCUT2D eigenvalue weighted by molar-refractivity contribution is 7.13. The van der Waals surface area contributed by atoms with Gasteiger partial charge in [0.2, 0.25) is 0 Å². The van der Waals surface area contributed by atoms with Crippen LogP contribution in [0.5, 0.6) is 0 Å². The number of carboxylic acid groups (broad SMARTS) is 1. The van der Waals surface area contributed by atoms with Crippen molar-refractivity contribution < 1.29 is 9.90 Å². The molecule has 0 aromatic carbocycles. The summed E-state index contributed by atoms with van der Waals surface area (Å²) in [6.45, 7) is 3.90. The summed E-state index contributed by atoms with van der Waals surface area (Å²) in [5.41, 5.74) is 0.653. The lowest BCUT2D eigenvalue weighted by Gasteiger charge is -2.28. The van der Waals surface area contributed by atoms with E-state index in [-0.39, 0.29) is 24.8 Å². The fraction of sp³-hybridized carbons (Fsp3) is 0.636. The predicted molar refractivity (Wildman–Crippen MR) is 77.8 cm³/mol. The van der Waals surface area contributed by atoms with Gasteiger partial charge in [0.1, 0.15) is 4.88 Å². The van der Waals surface area contributed by atoms with Crippen LogP contribution in [0.1, 0.15) is 39.1 Å². The van der Waals surface area contributed by atoms with Crippen molar-refractivity contribution in [2.45, 2.75) is 25.7 Å². The number of thiazole rings is 1. The molecular weight excluding hydrogens is 295 g/mol. The summed E-state index contributed by atoms with van der Waals surface area (Å²) in [6.07, 6.45) is 2.29. The van der Waals surface area contributed by atoms with Crippen molar-refractivity contribution in [1.29, 1.82) is 0 Å². The molecule has 2 rings (SSSR count). The summed E-state index contributed by atoms with van der Waals surface area (Å²) in [5.74, 6) is -0.444. The molecule has 1 aromatic heterocycles. The zero-order chi connectivity index (χ0) is 11.7. The second-order valence-electron chi connectivity index (χ2n) is 4.37. The van der Waals surface area contributed by atoms with Gasteiger partial charge in [-0.1, -0.05) is 0 Å². The molecule has 1 unspecified atom stereocenters. The second-order valence-corrected chi connectivity index (χ2v) is 5.40. The maximum absolute atomic E-state index is 10.9. The van der Waals surface area contributed by atoms with E-state index in [0.717, 1.165) is 24.5 Å². The van der Waals surface area contributed by atoms with Gasteiger partial charge in [-0.05, 0) is 33.4 Å². The Hall–Kier alpha value is -0.360. The molecule has 1 aliphatic heterocycles. The molecule has 1 fully saturated rings. The highest BCUT2D eigenvalue weighted by Gasteiger charge is 2.24. The first kappa shape index (κ1) is 17.6. The van der Waals surface area contributed by atoms with E-state index < -0.39 is 5.97 Å². The zero-order valence-corrected chi connectivity index (χ0v) is 12.8. The second kappa shape index (κ2) is 7.28. The van der Waals surface area contributed by atoms with Gasteiger partial charge in [0.25, 0.3) is 0 Å². The van der Waals surface area contributed by atoms with E-state index in [0.29, 0.717) is 16.5 Å². The largest absolute Gasteiger partial charge is 0.477 e. The Morgan fingerprint density at radius 1 is 1.50 bits per heavy atom. The Morgan fingerprint density at radius 3 is 2.67 bits per heavy atom. The Morgan fingerprint density at radius 2 is 2.17 bits per heavy atom. The molecule has 0 bridgehead atoms. The molecule has 0 aliphatic carbocycles. The van der Waals surface area contributed by atoms with Crippen molar-refractivity contribution in [3.05, 3.63) is 15.6 Å². The van der Waals surface area contributed by atoms with E-state index >= 15 is 0 Å². The van der Waals surface area contributed by atoms with Crippen molar-refractivity contribution >= 4 is 42.1 Å². The van der Waals surface area contributed by atoms with E-state index in [9.17, 15) is 4.79 Å². The molecule has 1 saturated heterocycles. The van der Waals surface area contributed by atoms with Gasteiger partial charge < -0.3 is 10.0 Å². The molecule has 1 atom stereocenters. The summed E-state index contributed by atoms with van der Waals surface area (Å²) in [5, 5.41) is 9.98. The van der Waals surface area contributed by atoms with Gasteiger partial charge in [-0.15, -0.1) is 36.2 Å². The number of halogens is 2. The van der Waals surface area contributed by atoms with Crippen LogP contribution in [0.15, 0.2) is 0 Å². The molecule has 7 heteroatoms. The number of carboxylic acids is 1. The van der Waals surface area contributed by atoms with E-state index in [1.807, 2.05) is 0 Å². The Labute approximate surface area is 123 Å². The predicted octanol–water partition coefficient (Wildman–Crippen LogP) is 2.80. The summed E-state index contributed by atoms with van der Waals surface area (Å²) >= 11 is 1.34. The topological polar surface area (TPSA) is 53.4 Å². The number of carbonyl (C=O) groups is 1. The standard InChI is InChI=1S/C11H16N2O2S.2ClH/c1-7-9(11(14)15)16-10(12-7)8-4-3-5-13(2)6-8;;/h8H,3-6H2,1-2H3,(H,14,15);2*1H. The highest BCUT2D eigenvalue weighted by atomic mass is 35.5. The Balaban J connectivity index is 0.00000144. The quantitative estimate of drug-likeness (QED) is 0.912. The fourth-order valence-corrected chi connectivity index (χ4v) is 3.19. The van der Waals surface area contributed by atoms with Crippen LogP contribution in [0.25, 0.3) is 0 Å². The number of aryl methyl sites for hydroxylation is 1. The molecule has 0 saturated carbocycles. The molecule has 1 aliphatic rings. The van der Waals surface area contributed by atoms with Crippen LogP contribution in [-0.2, 0) is 0 Å². The van der Waals surface area contributed by atoms with E-state index in [1.54, 1.807) is 6.92 Å². The van der Waals surface area contributed by atoms with Crippen LogP contribution in [0.3, 0.4) is 0 Å². The molecule has 1 aromatic rings. The van der Waals surface area contributed by atoms with Gasteiger partial charge in [-0.2, -0.15) is 0 Å². The van der Waals surface area contributed by atoms with Crippen LogP contribution in [0.4, 0.5) is 0 Å². The van der Waals surface area contributed by atoms with Crippen molar-refractivity contribution in [3.63, 3.8) is 0 Å². The van der Waals surface area contributed by atoms with Crippen molar-refractivity contribution in [2.24, 2.45) is 0 Å². The first-order chi connectivity index (χ1) is 7.58. The van der Waals surface area contributed by atoms with Crippen molar-refractivity contribution in [2.75, 3.05) is 20.1 Å². The normalized spacial score (nSPS) is 19.8. The van der Waals surface area contributed by atoms with E-state index in [4.69, 9.17) is 5.11 Å². The Bertz CT molecular complexity index is 412. The van der Waals surface area contributed by atoms with Gasteiger partial charge >= 0.3 is 5.97 Å². The first-order valence-electron chi connectivity index (χ1n) is 5.47. The molecule has 2 heterocycles. The third-order valence-corrected chi connectivity index (χ3v) is 4.29. The molecule has 4 nitrogen and oxygen atoms in total. The van der Waals surface area contributed by atoms with Crippen LogP contribution in [-0.4, -0.2) is 41.1 Å². The van der Waals surface area contributed by atoms with Gasteiger partial charge in [0, 0.05) is 12.5 Å². The fourth-order valence-electron chi connectivity index (χ4n) is 2.16. The van der Waals surface area contributed by atoms with E-state index in [2.05, 4.69) is 16.9 Å². The minimum Gasteiger partial charge on any atom is -0.477 e. The number of aromatic carboxylic acids is 1. The van der Waals surface area contributed by atoms with Crippen LogP contribution in [0.2, 0.25) is 0 Å². The number of nitrogens with zero attached hydrogens (tertiary/aromatic N) is 2. The minimum atomic E-state index is -0.856. The first-order valence-corrected chi connectivity index (χ1v) is 6.28. The van der Waals surface area contributed by atoms with Crippen molar-refractivity contribution in [1.82, 2.24) is 9.88 Å². The third-order valence-electron chi connectivity index (χ3n) is 2.98. The van der Waals surface area contributed by atoms with E-state index in [1.165, 1.54) is 17.8 Å². The smallest absolute Gasteiger partial charge is 0.347 e. The molecule has 104 valence electrons. The SMILES string of the molecule is Cc1nc(C2CCCN(C)C2)sc1C(=O)O.Cl.Cl. The molecule has 1 N–H and O–H groups in total. The number of likely N-dealkylation sites (tertiary alicyclic amines) is 1. The van der Waals surface area contributed by atoms with Crippen LogP contribution in [0, 0.1) is 6.92 Å². The zero-order valence-electron chi connectivity index (χ0n) is 10.4. The van der Waals surface area contributed by atoms with Crippen LogP contribution < -0.4 is 0 Å². The molecular formula is C11H18Cl2N2O2S. The maximum atomic E-state index is 10.9. The summed E-state index contributed by atoms with van der Waals surface area (Å²) < 4.78 is 0. The molecule has 0 radical (unpaired) electrons. The number of hydrogen-bond acceptors (Lipinski definition) is 4. The summed E-state index contributed by atoms with van der Waals surface area (Å²) in [4.78, 5) is 18.0. The lowest BCUT2D eigenvalue weighted by atomic mass is 9.99. The molecule has 0 amide bonds. The summed E-state index contributed by atoms with van der Waals surface area (Å²) in [7, 11) is 2.10. The van der Waals surface area contributed by atoms with Gasteiger partial charge in [0.05, 0.1) is 10.7 Å². The van der Waals surface area contributed by atoms with Crippen LogP contribution >= 0.6 is 36.2 Å². The average Bonchev–Trinajstić information content (AvgIpc) is 2.60. The minimum absolute atomic E-state index is 0. The lowest BCUT2D eigenvalue weighted by Crippen LogP contribution is -2.30. The Kier molecular flexibility index (Phi) is 7.14. The van der Waals surface area contributed by atoms with Crippen molar-refractivity contribution in [3.8, 4) is 0 Å². The lowest BCUT2D eigenvalue weighted by molar-refractivity contribution is 0.0701. The number of piperidine rings is 1. The third kappa shape index (κ3) is 3.82. The van der Waals surface area contributed by atoms with Gasteiger partial charge in [0.15, 0.2) is 0 Å². The number of rotatable bonds is 2. The maximum Gasteiger partial charge on any atom is 0.347 e. The average molecular weight is 313 g/mol. The highest BCUT2D eigenvalue weighted by Crippen LogP contribution is 2.31. The number of likely N-dealkylation sites (N-methyl/N-ethyl adjacent to an activating group) is 1. The number of hydrogen-bond donors (Lipinski definition) is 1. The molecule has 0 spiro atoms. The monoisotopic (exact) mass is 312 g/mol. The van der Waals surface area contributed by atoms with Gasteiger partial charge in [-0.3, -0.25) is 0 Å². The van der Waals surface area contributed by atoms with Gasteiger partial charge in [-0.25, -0.2) is 9.78 Å².